The third-order valence-corrected chi connectivity index (χ3v) is 13.5. The SMILES string of the molecule is C#C[C@@]1(C)C2CC[C@]3(C)C(CCC4C5C(C(=C)C)CC[C@]5(CO)CC[C@]43C)[C@@]2(C)CC[C@@H]1O. The van der Waals surface area contributed by atoms with E-state index < -0.39 is 5.41 Å². The molecule has 5 aliphatic carbocycles. The summed E-state index contributed by atoms with van der Waals surface area (Å²) < 4.78 is 0. The van der Waals surface area contributed by atoms with E-state index in [9.17, 15) is 10.2 Å². The van der Waals surface area contributed by atoms with Gasteiger partial charge in [0.15, 0.2) is 0 Å². The van der Waals surface area contributed by atoms with E-state index in [1.54, 1.807) is 0 Å². The van der Waals surface area contributed by atoms with Gasteiger partial charge in [-0.15, -0.1) is 6.42 Å². The summed E-state index contributed by atoms with van der Waals surface area (Å²) in [6.07, 6.45) is 17.4. The largest absolute Gasteiger partial charge is 0.396 e. The first-order valence-electron chi connectivity index (χ1n) is 13.9. The van der Waals surface area contributed by atoms with Crippen LogP contribution in [0.15, 0.2) is 12.2 Å². The lowest BCUT2D eigenvalue weighted by Gasteiger charge is -2.72. The first kappa shape index (κ1) is 23.9. The molecule has 0 aromatic heterocycles. The van der Waals surface area contributed by atoms with Crippen LogP contribution in [0.2, 0.25) is 0 Å². The van der Waals surface area contributed by atoms with E-state index in [4.69, 9.17) is 6.42 Å². The summed E-state index contributed by atoms with van der Waals surface area (Å²) in [4.78, 5) is 0. The average molecular weight is 453 g/mol. The van der Waals surface area contributed by atoms with Gasteiger partial charge in [-0.05, 0) is 129 Å². The quantitative estimate of drug-likeness (QED) is 0.365. The van der Waals surface area contributed by atoms with Crippen molar-refractivity contribution in [1.29, 1.82) is 0 Å². The lowest BCUT2D eigenvalue weighted by Crippen LogP contribution is -2.67. The highest BCUT2D eigenvalue weighted by molar-refractivity contribution is 5.24. The summed E-state index contributed by atoms with van der Waals surface area (Å²) in [6.45, 7) is 17.0. The van der Waals surface area contributed by atoms with Crippen molar-refractivity contribution in [3.8, 4) is 12.3 Å². The number of terminal acetylenes is 1. The zero-order valence-electron chi connectivity index (χ0n) is 21.9. The predicted octanol–water partition coefficient (Wildman–Crippen LogP) is 6.61. The van der Waals surface area contributed by atoms with Gasteiger partial charge in [0.2, 0.25) is 0 Å². The first-order valence-corrected chi connectivity index (χ1v) is 13.9. The van der Waals surface area contributed by atoms with Crippen molar-refractivity contribution < 1.29 is 10.2 Å². The van der Waals surface area contributed by atoms with Gasteiger partial charge < -0.3 is 10.2 Å². The van der Waals surface area contributed by atoms with Gasteiger partial charge in [0, 0.05) is 6.61 Å². The molecule has 0 aromatic rings. The summed E-state index contributed by atoms with van der Waals surface area (Å²) >= 11 is 0. The molecule has 2 N–H and O–H groups in total. The minimum Gasteiger partial charge on any atom is -0.396 e. The summed E-state index contributed by atoms with van der Waals surface area (Å²) in [5, 5.41) is 21.6. The Morgan fingerprint density at radius 3 is 2.27 bits per heavy atom. The van der Waals surface area contributed by atoms with E-state index in [2.05, 4.69) is 47.1 Å². The van der Waals surface area contributed by atoms with Gasteiger partial charge in [-0.1, -0.05) is 38.8 Å². The lowest BCUT2D eigenvalue weighted by molar-refractivity contribution is -0.244. The van der Waals surface area contributed by atoms with Gasteiger partial charge in [-0.3, -0.25) is 0 Å². The maximum absolute atomic E-state index is 10.9. The zero-order chi connectivity index (χ0) is 24.0. The van der Waals surface area contributed by atoms with Crippen LogP contribution in [0, 0.1) is 69.0 Å². The molecule has 0 aromatic carbocycles. The fraction of sp³-hybridized carbons (Fsp3) is 0.871. The molecule has 5 saturated carbocycles. The van der Waals surface area contributed by atoms with Crippen LogP contribution in [0.25, 0.3) is 0 Å². The van der Waals surface area contributed by atoms with Crippen LogP contribution >= 0.6 is 0 Å². The molecule has 0 heterocycles. The van der Waals surface area contributed by atoms with Crippen LogP contribution in [0.3, 0.4) is 0 Å². The van der Waals surface area contributed by atoms with Gasteiger partial charge in [0.1, 0.15) is 0 Å². The van der Waals surface area contributed by atoms with Crippen molar-refractivity contribution in [2.45, 2.75) is 105 Å². The van der Waals surface area contributed by atoms with Crippen LogP contribution in [-0.2, 0) is 0 Å². The fourth-order valence-corrected chi connectivity index (χ4v) is 11.4. The van der Waals surface area contributed by atoms with Crippen LogP contribution in [-0.4, -0.2) is 22.9 Å². The Morgan fingerprint density at radius 1 is 0.909 bits per heavy atom. The zero-order valence-corrected chi connectivity index (χ0v) is 21.9. The molecule has 0 bridgehead atoms. The topological polar surface area (TPSA) is 40.5 Å². The Kier molecular flexibility index (Phi) is 5.34. The van der Waals surface area contributed by atoms with Gasteiger partial charge >= 0.3 is 0 Å². The maximum atomic E-state index is 10.9. The highest BCUT2D eigenvalue weighted by Gasteiger charge is 2.71. The van der Waals surface area contributed by atoms with Gasteiger partial charge in [0.05, 0.1) is 11.5 Å². The molecule has 184 valence electrons. The van der Waals surface area contributed by atoms with Crippen LogP contribution in [0.5, 0.6) is 0 Å². The van der Waals surface area contributed by atoms with Crippen LogP contribution < -0.4 is 0 Å². The van der Waals surface area contributed by atoms with Crippen molar-refractivity contribution in [2.24, 2.45) is 56.7 Å². The van der Waals surface area contributed by atoms with E-state index in [-0.39, 0.29) is 16.9 Å². The van der Waals surface area contributed by atoms with E-state index >= 15 is 0 Å². The Morgan fingerprint density at radius 2 is 1.64 bits per heavy atom. The Balaban J connectivity index is 1.56. The average Bonchev–Trinajstić information content (AvgIpc) is 3.17. The van der Waals surface area contributed by atoms with Crippen molar-refractivity contribution in [3.05, 3.63) is 12.2 Å². The molecule has 0 radical (unpaired) electrons. The highest BCUT2D eigenvalue weighted by Crippen LogP contribution is 2.77. The Hall–Kier alpha value is -0.780. The smallest absolute Gasteiger partial charge is 0.0706 e. The van der Waals surface area contributed by atoms with E-state index in [1.807, 2.05) is 0 Å². The normalized spacial score (nSPS) is 57.8. The van der Waals surface area contributed by atoms with Crippen molar-refractivity contribution in [3.63, 3.8) is 0 Å². The minimum absolute atomic E-state index is 0.120. The lowest BCUT2D eigenvalue weighted by atomic mass is 9.32. The monoisotopic (exact) mass is 452 g/mol. The van der Waals surface area contributed by atoms with Crippen molar-refractivity contribution in [2.75, 3.05) is 6.61 Å². The highest BCUT2D eigenvalue weighted by atomic mass is 16.3. The fourth-order valence-electron chi connectivity index (χ4n) is 11.4. The second-order valence-electron chi connectivity index (χ2n) is 14.2. The molecule has 11 atom stereocenters. The third-order valence-electron chi connectivity index (χ3n) is 13.5. The molecule has 0 saturated heterocycles. The van der Waals surface area contributed by atoms with E-state index in [1.165, 1.54) is 50.5 Å². The number of aliphatic hydroxyl groups is 2. The first-order chi connectivity index (χ1) is 15.4. The summed E-state index contributed by atoms with van der Waals surface area (Å²) in [7, 11) is 0. The van der Waals surface area contributed by atoms with Gasteiger partial charge in [-0.2, -0.15) is 0 Å². The minimum atomic E-state index is -0.402. The third kappa shape index (κ3) is 2.76. The molecule has 2 heteroatoms. The number of hydrogen-bond donors (Lipinski definition) is 2. The number of rotatable bonds is 2. The molecule has 5 fully saturated rings. The molecule has 0 amide bonds. The summed E-state index contributed by atoms with van der Waals surface area (Å²) in [5.74, 6) is 6.01. The molecule has 5 unspecified atom stereocenters. The summed E-state index contributed by atoms with van der Waals surface area (Å²) in [6, 6.07) is 0. The van der Waals surface area contributed by atoms with Gasteiger partial charge in [-0.25, -0.2) is 0 Å². The molecule has 0 spiro atoms. The standard InChI is InChI=1S/C31H48O2/c1-8-27(4)23-12-15-30(7)24(28(23,5)14-13-25(27)33)10-9-22-26-21(20(2)3)11-16-31(26,19-32)18-17-29(22,30)6/h1,21-26,32-33H,2,9-19H2,3-7H3/t21?,22?,23?,24?,25-,26?,27-,28-,29+,30+,31+/m0/s1. The van der Waals surface area contributed by atoms with Crippen molar-refractivity contribution in [1.82, 2.24) is 0 Å². The molecular weight excluding hydrogens is 404 g/mol. The van der Waals surface area contributed by atoms with E-state index in [0.717, 1.165) is 19.3 Å². The second-order valence-corrected chi connectivity index (χ2v) is 14.2. The maximum Gasteiger partial charge on any atom is 0.0706 e. The Labute approximate surface area is 203 Å². The molecule has 5 aliphatic rings. The number of fused-ring (bicyclic) bond motifs is 7. The predicted molar refractivity (Wildman–Crippen MR) is 135 cm³/mol. The van der Waals surface area contributed by atoms with Crippen molar-refractivity contribution >= 4 is 0 Å². The van der Waals surface area contributed by atoms with Crippen LogP contribution in [0.1, 0.15) is 98.8 Å². The van der Waals surface area contributed by atoms with Crippen LogP contribution in [0.4, 0.5) is 0 Å². The molecule has 0 aliphatic heterocycles. The number of allylic oxidation sites excluding steroid dienone is 1. The molecule has 5 rings (SSSR count). The number of hydrogen-bond acceptors (Lipinski definition) is 2. The molecular formula is C31H48O2. The summed E-state index contributed by atoms with van der Waals surface area (Å²) in [5.41, 5.74) is 1.86. The van der Waals surface area contributed by atoms with E-state index in [0.29, 0.717) is 47.0 Å². The number of aliphatic hydroxyl groups excluding tert-OH is 2. The molecule has 33 heavy (non-hydrogen) atoms. The molecule has 2 nitrogen and oxygen atoms in total. The Bertz CT molecular complexity index is 871. The van der Waals surface area contributed by atoms with Gasteiger partial charge in [0.25, 0.3) is 0 Å². The second kappa shape index (κ2) is 7.36.